The van der Waals surface area contributed by atoms with Gasteiger partial charge >= 0.3 is 0 Å². The van der Waals surface area contributed by atoms with Crippen LogP contribution in [0, 0.1) is 0 Å². The van der Waals surface area contributed by atoms with E-state index in [4.69, 9.17) is 4.84 Å². The summed E-state index contributed by atoms with van der Waals surface area (Å²) < 4.78 is 0. The standard InChI is InChI=1S/C15H18N2O/c1-3-12(8-10-16-2)13-4-6-14(7-5-13)15-9-11-18-17-15/h3-8,16H,1,9-11H2,2H3/b12-8+. The molecule has 0 saturated carbocycles. The molecule has 0 amide bonds. The van der Waals surface area contributed by atoms with Crippen LogP contribution in [0.15, 0.2) is 48.2 Å². The summed E-state index contributed by atoms with van der Waals surface area (Å²) in [5.41, 5.74) is 4.47. The third-order valence-electron chi connectivity index (χ3n) is 2.90. The summed E-state index contributed by atoms with van der Waals surface area (Å²) in [7, 11) is 1.93. The van der Waals surface area contributed by atoms with E-state index < -0.39 is 0 Å². The van der Waals surface area contributed by atoms with Crippen LogP contribution in [0.4, 0.5) is 0 Å². The number of nitrogens with zero attached hydrogens (tertiary/aromatic N) is 1. The predicted molar refractivity (Wildman–Crippen MR) is 75.6 cm³/mol. The van der Waals surface area contributed by atoms with Crippen molar-refractivity contribution in [3.63, 3.8) is 0 Å². The molecule has 1 heterocycles. The summed E-state index contributed by atoms with van der Waals surface area (Å²) in [6.45, 7) is 5.38. The van der Waals surface area contributed by atoms with Gasteiger partial charge in [-0.3, -0.25) is 0 Å². The molecule has 1 aliphatic rings. The molecule has 0 aromatic heterocycles. The molecule has 3 heteroatoms. The Morgan fingerprint density at radius 2 is 2.22 bits per heavy atom. The molecule has 0 bridgehead atoms. The molecule has 0 aliphatic carbocycles. The van der Waals surface area contributed by atoms with Crippen LogP contribution in [0.2, 0.25) is 0 Å². The number of hydrogen-bond donors (Lipinski definition) is 1. The Labute approximate surface area is 108 Å². The van der Waals surface area contributed by atoms with E-state index in [9.17, 15) is 0 Å². The monoisotopic (exact) mass is 242 g/mol. The van der Waals surface area contributed by atoms with Gasteiger partial charge in [-0.25, -0.2) is 0 Å². The van der Waals surface area contributed by atoms with Crippen molar-refractivity contribution < 1.29 is 4.84 Å². The maximum Gasteiger partial charge on any atom is 0.122 e. The van der Waals surface area contributed by atoms with Crippen molar-refractivity contribution >= 4 is 11.3 Å². The number of rotatable bonds is 5. The Balaban J connectivity index is 2.18. The molecule has 1 aromatic carbocycles. The molecule has 1 N–H and O–H groups in total. The van der Waals surface area contributed by atoms with E-state index in [0.717, 1.165) is 29.8 Å². The minimum absolute atomic E-state index is 0.692. The fraction of sp³-hybridized carbons (Fsp3) is 0.267. The molecule has 2 rings (SSSR count). The van der Waals surface area contributed by atoms with Crippen LogP contribution in [0.3, 0.4) is 0 Å². The van der Waals surface area contributed by atoms with Crippen LogP contribution in [0.25, 0.3) is 5.57 Å². The normalized spacial score (nSPS) is 15.2. The second kappa shape index (κ2) is 6.17. The van der Waals surface area contributed by atoms with Crippen molar-refractivity contribution in [2.24, 2.45) is 5.16 Å². The first-order valence-electron chi connectivity index (χ1n) is 6.12. The molecular formula is C15H18N2O. The molecule has 1 aliphatic heterocycles. The molecule has 3 nitrogen and oxygen atoms in total. The van der Waals surface area contributed by atoms with Crippen molar-refractivity contribution in [3.05, 3.63) is 54.1 Å². The van der Waals surface area contributed by atoms with Crippen LogP contribution in [-0.4, -0.2) is 25.9 Å². The van der Waals surface area contributed by atoms with Gasteiger partial charge < -0.3 is 10.2 Å². The van der Waals surface area contributed by atoms with Crippen LogP contribution in [-0.2, 0) is 4.84 Å². The SMILES string of the molecule is C=C/C(=C\CNC)c1ccc(C2=NOCC2)cc1. The number of likely N-dealkylation sites (N-methyl/N-ethyl adjacent to an activating group) is 1. The lowest BCUT2D eigenvalue weighted by Crippen LogP contribution is -2.04. The Morgan fingerprint density at radius 1 is 1.44 bits per heavy atom. The van der Waals surface area contributed by atoms with E-state index in [-0.39, 0.29) is 0 Å². The maximum atomic E-state index is 5.02. The summed E-state index contributed by atoms with van der Waals surface area (Å²) >= 11 is 0. The second-order valence-electron chi connectivity index (χ2n) is 4.12. The maximum absolute atomic E-state index is 5.02. The highest BCUT2D eigenvalue weighted by Gasteiger charge is 2.10. The van der Waals surface area contributed by atoms with Crippen LogP contribution in [0.1, 0.15) is 17.5 Å². The van der Waals surface area contributed by atoms with Gasteiger partial charge in [0, 0.05) is 13.0 Å². The molecule has 0 fully saturated rings. The highest BCUT2D eigenvalue weighted by Crippen LogP contribution is 2.18. The van der Waals surface area contributed by atoms with E-state index in [1.54, 1.807) is 0 Å². The van der Waals surface area contributed by atoms with Gasteiger partial charge in [0.25, 0.3) is 0 Å². The Hall–Kier alpha value is -1.87. The van der Waals surface area contributed by atoms with Gasteiger partial charge in [0.2, 0.25) is 0 Å². The number of oxime groups is 1. The second-order valence-corrected chi connectivity index (χ2v) is 4.12. The molecule has 94 valence electrons. The average molecular weight is 242 g/mol. The van der Waals surface area contributed by atoms with Gasteiger partial charge in [0.1, 0.15) is 6.61 Å². The largest absolute Gasteiger partial charge is 0.395 e. The highest BCUT2D eigenvalue weighted by atomic mass is 16.6. The van der Waals surface area contributed by atoms with E-state index in [2.05, 4.69) is 47.4 Å². The van der Waals surface area contributed by atoms with Gasteiger partial charge in [-0.1, -0.05) is 48.2 Å². The highest BCUT2D eigenvalue weighted by molar-refractivity contribution is 6.01. The van der Waals surface area contributed by atoms with Crippen molar-refractivity contribution in [3.8, 4) is 0 Å². The van der Waals surface area contributed by atoms with Crippen LogP contribution >= 0.6 is 0 Å². The Bertz CT molecular complexity index is 472. The first kappa shape index (κ1) is 12.6. The van der Waals surface area contributed by atoms with E-state index in [1.165, 1.54) is 5.56 Å². The first-order valence-corrected chi connectivity index (χ1v) is 6.12. The zero-order valence-electron chi connectivity index (χ0n) is 10.6. The zero-order valence-corrected chi connectivity index (χ0v) is 10.6. The van der Waals surface area contributed by atoms with Crippen LogP contribution in [0.5, 0.6) is 0 Å². The summed E-state index contributed by atoms with van der Waals surface area (Å²) in [5, 5.41) is 7.12. The topological polar surface area (TPSA) is 33.6 Å². The quantitative estimate of drug-likeness (QED) is 0.805. The lowest BCUT2D eigenvalue weighted by molar-refractivity contribution is 0.174. The lowest BCUT2D eigenvalue weighted by Gasteiger charge is -2.04. The minimum Gasteiger partial charge on any atom is -0.395 e. The average Bonchev–Trinajstić information content (AvgIpc) is 2.94. The van der Waals surface area contributed by atoms with Crippen molar-refractivity contribution in [2.45, 2.75) is 6.42 Å². The smallest absolute Gasteiger partial charge is 0.122 e. The molecule has 0 spiro atoms. The fourth-order valence-electron chi connectivity index (χ4n) is 1.89. The van der Waals surface area contributed by atoms with Gasteiger partial charge in [0.05, 0.1) is 5.71 Å². The number of allylic oxidation sites excluding steroid dienone is 2. The predicted octanol–water partition coefficient (Wildman–Crippen LogP) is 2.60. The van der Waals surface area contributed by atoms with E-state index in [1.807, 2.05) is 13.1 Å². The van der Waals surface area contributed by atoms with Gasteiger partial charge in [-0.05, 0) is 23.7 Å². The molecule has 0 atom stereocenters. The molecule has 0 saturated heterocycles. The summed E-state index contributed by atoms with van der Waals surface area (Å²) in [4.78, 5) is 5.02. The van der Waals surface area contributed by atoms with Crippen molar-refractivity contribution in [1.29, 1.82) is 0 Å². The minimum atomic E-state index is 0.692. The van der Waals surface area contributed by atoms with Gasteiger partial charge in [-0.15, -0.1) is 0 Å². The third kappa shape index (κ3) is 2.87. The summed E-state index contributed by atoms with van der Waals surface area (Å²) in [6, 6.07) is 8.36. The van der Waals surface area contributed by atoms with Crippen LogP contribution < -0.4 is 5.32 Å². The van der Waals surface area contributed by atoms with Gasteiger partial charge in [-0.2, -0.15) is 0 Å². The summed E-state index contributed by atoms with van der Waals surface area (Å²) in [5.74, 6) is 0. The molecular weight excluding hydrogens is 224 g/mol. The lowest BCUT2D eigenvalue weighted by atomic mass is 10.0. The van der Waals surface area contributed by atoms with Crippen molar-refractivity contribution in [2.75, 3.05) is 20.2 Å². The molecule has 1 aromatic rings. The number of benzene rings is 1. The van der Waals surface area contributed by atoms with E-state index >= 15 is 0 Å². The molecule has 0 unspecified atom stereocenters. The van der Waals surface area contributed by atoms with E-state index in [0.29, 0.717) is 6.61 Å². The Morgan fingerprint density at radius 3 is 2.78 bits per heavy atom. The summed E-state index contributed by atoms with van der Waals surface area (Å²) in [6.07, 6.45) is 4.89. The van der Waals surface area contributed by atoms with Gasteiger partial charge in [0.15, 0.2) is 0 Å². The third-order valence-corrected chi connectivity index (χ3v) is 2.90. The molecule has 18 heavy (non-hydrogen) atoms. The zero-order chi connectivity index (χ0) is 12.8. The number of nitrogens with one attached hydrogen (secondary N) is 1. The Kier molecular flexibility index (Phi) is 4.31. The molecule has 0 radical (unpaired) electrons. The van der Waals surface area contributed by atoms with Crippen molar-refractivity contribution in [1.82, 2.24) is 5.32 Å². The number of hydrogen-bond acceptors (Lipinski definition) is 3. The fourth-order valence-corrected chi connectivity index (χ4v) is 1.89. The first-order chi connectivity index (χ1) is 8.85.